The number of aryl methyl sites for hydroxylation is 1. The zero-order valence-corrected chi connectivity index (χ0v) is 20.8. The molecule has 1 aromatic heterocycles. The second-order valence-corrected chi connectivity index (χ2v) is 9.12. The second-order valence-electron chi connectivity index (χ2n) is 9.12. The van der Waals surface area contributed by atoms with E-state index in [0.717, 1.165) is 23.2 Å². The zero-order valence-electron chi connectivity index (χ0n) is 20.8. The molecule has 1 aliphatic rings. The fraction of sp³-hybridized carbons (Fsp3) is 0.600. The van der Waals surface area contributed by atoms with Gasteiger partial charge in [-0.2, -0.15) is 0 Å². The molecule has 0 spiro atoms. The van der Waals surface area contributed by atoms with E-state index < -0.39 is 42.8 Å². The lowest BCUT2D eigenvalue weighted by Gasteiger charge is -2.42. The molecule has 2 aromatic rings. The number of ether oxygens (including phenoxy) is 3. The van der Waals surface area contributed by atoms with Crippen LogP contribution in [0.15, 0.2) is 24.3 Å². The molecule has 10 nitrogen and oxygen atoms in total. The van der Waals surface area contributed by atoms with Crippen LogP contribution < -0.4 is 4.74 Å². The van der Waals surface area contributed by atoms with Gasteiger partial charge in [0.05, 0.1) is 13.2 Å². The van der Waals surface area contributed by atoms with Crippen molar-refractivity contribution < 1.29 is 39.4 Å². The van der Waals surface area contributed by atoms with Crippen LogP contribution in [-0.4, -0.2) is 79.6 Å². The van der Waals surface area contributed by atoms with Gasteiger partial charge in [0.15, 0.2) is 0 Å². The van der Waals surface area contributed by atoms with E-state index in [2.05, 4.69) is 24.2 Å². The summed E-state index contributed by atoms with van der Waals surface area (Å²) < 4.78 is 17.7. The first-order valence-electron chi connectivity index (χ1n) is 11.9. The third-order valence-electron chi connectivity index (χ3n) is 6.33. The molecular weight excluding hydrogens is 456 g/mol. The molecule has 1 aromatic carbocycles. The van der Waals surface area contributed by atoms with Crippen LogP contribution in [0.25, 0.3) is 0 Å². The molecule has 10 heteroatoms. The van der Waals surface area contributed by atoms with E-state index >= 15 is 0 Å². The number of aliphatic hydroxyl groups excluding tert-OH is 3. The summed E-state index contributed by atoms with van der Waals surface area (Å²) >= 11 is 0. The zero-order chi connectivity index (χ0) is 25.9. The Hall–Kier alpha value is -2.50. The lowest BCUT2D eigenvalue weighted by atomic mass is 9.87. The maximum atomic E-state index is 12.1. The highest BCUT2D eigenvalue weighted by atomic mass is 16.6. The van der Waals surface area contributed by atoms with E-state index in [4.69, 9.17) is 14.2 Å². The van der Waals surface area contributed by atoms with Crippen molar-refractivity contribution in [1.29, 1.82) is 0 Å². The largest absolute Gasteiger partial charge is 0.464 e. The van der Waals surface area contributed by atoms with Crippen molar-refractivity contribution >= 4 is 5.97 Å². The predicted molar refractivity (Wildman–Crippen MR) is 126 cm³/mol. The maximum absolute atomic E-state index is 12.1. The molecular formula is C25H36N2O8. The van der Waals surface area contributed by atoms with Crippen molar-refractivity contribution in [3.63, 3.8) is 0 Å². The number of aromatic nitrogens is 2. The van der Waals surface area contributed by atoms with Crippen LogP contribution in [0.3, 0.4) is 0 Å². The van der Waals surface area contributed by atoms with Crippen LogP contribution in [-0.2, 0) is 27.1 Å². The summed E-state index contributed by atoms with van der Waals surface area (Å²) in [5, 5.41) is 46.7. The van der Waals surface area contributed by atoms with E-state index in [1.807, 2.05) is 32.9 Å². The van der Waals surface area contributed by atoms with Gasteiger partial charge in [0, 0.05) is 23.7 Å². The summed E-state index contributed by atoms with van der Waals surface area (Å²) in [5.41, 5.74) is 1.42. The smallest absolute Gasteiger partial charge is 0.343 e. The average molecular weight is 493 g/mol. The van der Waals surface area contributed by atoms with Crippen LogP contribution in [0.4, 0.5) is 0 Å². The van der Waals surface area contributed by atoms with Crippen LogP contribution in [0.5, 0.6) is 5.88 Å². The molecule has 0 amide bonds. The number of benzene rings is 1. The van der Waals surface area contributed by atoms with Gasteiger partial charge in [0.1, 0.15) is 18.3 Å². The van der Waals surface area contributed by atoms with Gasteiger partial charge in [0.2, 0.25) is 17.8 Å². The first-order valence-corrected chi connectivity index (χ1v) is 11.9. The Morgan fingerprint density at radius 2 is 1.86 bits per heavy atom. The Balaban J connectivity index is 1.82. The molecule has 35 heavy (non-hydrogen) atoms. The number of rotatable bonds is 9. The van der Waals surface area contributed by atoms with Gasteiger partial charge < -0.3 is 34.6 Å². The number of carbonyl (C=O) groups is 1. The Labute approximate surface area is 205 Å². The minimum Gasteiger partial charge on any atom is -0.464 e. The number of carbonyl (C=O) groups excluding carboxylic acids is 1. The monoisotopic (exact) mass is 492 g/mol. The molecule has 0 radical (unpaired) electrons. The summed E-state index contributed by atoms with van der Waals surface area (Å²) in [7, 11) is 0. The Kier molecular flexibility index (Phi) is 8.55. The molecule has 1 aliphatic heterocycles. The van der Waals surface area contributed by atoms with Crippen LogP contribution in [0.2, 0.25) is 0 Å². The second kappa shape index (κ2) is 11.0. The number of hydrogen-bond acceptors (Lipinski definition) is 9. The average Bonchev–Trinajstić information content (AvgIpc) is 3.13. The first-order chi connectivity index (χ1) is 16.5. The van der Waals surface area contributed by atoms with E-state index in [0.29, 0.717) is 6.42 Å². The minimum absolute atomic E-state index is 0.0269. The van der Waals surface area contributed by atoms with Crippen LogP contribution >= 0.6 is 0 Å². The SMILES string of the molecule is CCOC(=O)[C@]1(O)CO[C@H](C(O)Oc2nn(C(C)C)c(C)c2Cc2ccc(CC)cc2)[C@@H](O)[C@@H]1O. The van der Waals surface area contributed by atoms with Gasteiger partial charge in [-0.3, -0.25) is 4.68 Å². The third kappa shape index (κ3) is 5.52. The topological polar surface area (TPSA) is 144 Å². The van der Waals surface area contributed by atoms with Crippen molar-refractivity contribution in [3.8, 4) is 5.88 Å². The summed E-state index contributed by atoms with van der Waals surface area (Å²) in [6, 6.07) is 8.22. The highest BCUT2D eigenvalue weighted by Gasteiger charge is 2.56. The molecule has 0 saturated carbocycles. The molecule has 0 bridgehead atoms. The predicted octanol–water partition coefficient (Wildman–Crippen LogP) is 1.04. The van der Waals surface area contributed by atoms with Crippen molar-refractivity contribution in [3.05, 3.63) is 46.6 Å². The molecule has 1 fully saturated rings. The van der Waals surface area contributed by atoms with Crippen LogP contribution in [0, 0.1) is 6.92 Å². The molecule has 1 saturated heterocycles. The van der Waals surface area contributed by atoms with Crippen molar-refractivity contribution in [2.24, 2.45) is 0 Å². The van der Waals surface area contributed by atoms with Crippen molar-refractivity contribution in [1.82, 2.24) is 9.78 Å². The molecule has 4 N–H and O–H groups in total. The molecule has 2 heterocycles. The summed E-state index contributed by atoms with van der Waals surface area (Å²) in [6.07, 6.45) is -5.52. The third-order valence-corrected chi connectivity index (χ3v) is 6.33. The number of aliphatic hydroxyl groups is 4. The molecule has 5 atom stereocenters. The maximum Gasteiger partial charge on any atom is 0.343 e. The highest BCUT2D eigenvalue weighted by molar-refractivity contribution is 5.80. The van der Waals surface area contributed by atoms with Gasteiger partial charge in [-0.15, -0.1) is 5.10 Å². The fourth-order valence-electron chi connectivity index (χ4n) is 4.16. The quantitative estimate of drug-likeness (QED) is 0.298. The first kappa shape index (κ1) is 27.1. The number of nitrogens with zero attached hydrogens (tertiary/aromatic N) is 2. The highest BCUT2D eigenvalue weighted by Crippen LogP contribution is 2.31. The number of esters is 1. The van der Waals surface area contributed by atoms with Gasteiger partial charge in [-0.25, -0.2) is 4.79 Å². The molecule has 1 unspecified atom stereocenters. The Morgan fingerprint density at radius 1 is 1.23 bits per heavy atom. The Morgan fingerprint density at radius 3 is 2.43 bits per heavy atom. The van der Waals surface area contributed by atoms with Gasteiger partial charge in [0.25, 0.3) is 0 Å². The molecule has 0 aliphatic carbocycles. The van der Waals surface area contributed by atoms with Crippen molar-refractivity contribution in [2.75, 3.05) is 13.2 Å². The molecule has 3 rings (SSSR count). The Bertz CT molecular complexity index is 1010. The van der Waals surface area contributed by atoms with E-state index in [1.54, 1.807) is 11.6 Å². The van der Waals surface area contributed by atoms with E-state index in [9.17, 15) is 25.2 Å². The minimum atomic E-state index is -2.46. The molecule has 194 valence electrons. The normalized spacial score (nSPS) is 25.5. The number of hydrogen-bond donors (Lipinski definition) is 4. The lowest BCUT2D eigenvalue weighted by molar-refractivity contribution is -0.272. The van der Waals surface area contributed by atoms with Gasteiger partial charge in [-0.05, 0) is 45.2 Å². The summed E-state index contributed by atoms with van der Waals surface area (Å²) in [6.45, 7) is 8.78. The van der Waals surface area contributed by atoms with E-state index in [-0.39, 0.29) is 18.5 Å². The lowest BCUT2D eigenvalue weighted by Crippen LogP contribution is -2.67. The van der Waals surface area contributed by atoms with Crippen molar-refractivity contribution in [2.45, 2.75) is 83.7 Å². The van der Waals surface area contributed by atoms with Gasteiger partial charge in [-0.1, -0.05) is 31.2 Å². The van der Waals surface area contributed by atoms with Gasteiger partial charge >= 0.3 is 5.97 Å². The van der Waals surface area contributed by atoms with E-state index in [1.165, 1.54) is 5.56 Å². The van der Waals surface area contributed by atoms with Crippen LogP contribution in [0.1, 0.15) is 56.1 Å². The summed E-state index contributed by atoms with van der Waals surface area (Å²) in [4.78, 5) is 12.1. The summed E-state index contributed by atoms with van der Waals surface area (Å²) in [5.74, 6) is -0.956. The standard InChI is InChI=1S/C25H36N2O8/c1-6-16-8-10-17(11-9-16)12-18-15(5)27(14(3)4)26-22(18)35-23(30)20-19(28)21(29)25(32,13-34-20)24(31)33-7-2/h8-11,14,19-21,23,28-30,32H,6-7,12-13H2,1-5H3/t19-,20+,21+,23?,25+/m1/s1. The fourth-order valence-corrected chi connectivity index (χ4v) is 4.16.